The van der Waals surface area contributed by atoms with Gasteiger partial charge >= 0.3 is 0 Å². The second-order valence-corrected chi connectivity index (χ2v) is 6.38. The van der Waals surface area contributed by atoms with Crippen molar-refractivity contribution in [2.24, 2.45) is 0 Å². The highest BCUT2D eigenvalue weighted by Crippen LogP contribution is 2.33. The molecule has 0 aromatic heterocycles. The third-order valence-electron chi connectivity index (χ3n) is 3.40. The molecule has 1 fully saturated rings. The highest BCUT2D eigenvalue weighted by Gasteiger charge is 2.40. The number of aliphatic hydroxyl groups is 1. The summed E-state index contributed by atoms with van der Waals surface area (Å²) in [6.45, 7) is -0.259. The van der Waals surface area contributed by atoms with Crippen LogP contribution in [0.5, 0.6) is 5.75 Å². The Hall–Kier alpha value is -1.18. The Morgan fingerprint density at radius 3 is 2.58 bits per heavy atom. The molecule has 0 spiro atoms. The molecule has 7 heteroatoms. The van der Waals surface area contributed by atoms with Gasteiger partial charge < -0.3 is 9.84 Å². The number of rotatable bonds is 5. The number of methoxy groups -OCH3 is 1. The Morgan fingerprint density at radius 1 is 1.47 bits per heavy atom. The molecule has 1 aromatic rings. The van der Waals surface area contributed by atoms with E-state index in [0.29, 0.717) is 12.8 Å². The molecule has 19 heavy (non-hydrogen) atoms. The summed E-state index contributed by atoms with van der Waals surface area (Å²) < 4.78 is 45.0. The van der Waals surface area contributed by atoms with Crippen LogP contribution in [0, 0.1) is 5.82 Å². The number of sulfonamides is 1. The van der Waals surface area contributed by atoms with Gasteiger partial charge in [-0.15, -0.1) is 0 Å². The van der Waals surface area contributed by atoms with Gasteiger partial charge in [0.1, 0.15) is 0 Å². The summed E-state index contributed by atoms with van der Waals surface area (Å²) in [5.74, 6) is -0.753. The van der Waals surface area contributed by atoms with Crippen LogP contribution in [-0.4, -0.2) is 32.8 Å². The van der Waals surface area contributed by atoms with Gasteiger partial charge in [0.05, 0.1) is 24.2 Å². The van der Waals surface area contributed by atoms with Gasteiger partial charge in [-0.2, -0.15) is 0 Å². The summed E-state index contributed by atoms with van der Waals surface area (Å²) in [6, 6.07) is 3.44. The third kappa shape index (κ3) is 2.72. The van der Waals surface area contributed by atoms with Crippen molar-refractivity contribution in [3.63, 3.8) is 0 Å². The molecule has 2 N–H and O–H groups in total. The average molecular weight is 289 g/mol. The van der Waals surface area contributed by atoms with E-state index in [2.05, 4.69) is 4.72 Å². The predicted molar refractivity (Wildman–Crippen MR) is 66.9 cm³/mol. The Bertz CT molecular complexity index is 564. The van der Waals surface area contributed by atoms with Crippen molar-refractivity contribution in [3.8, 4) is 5.75 Å². The number of nitrogens with one attached hydrogen (secondary N) is 1. The van der Waals surface area contributed by atoms with E-state index in [-0.39, 0.29) is 17.3 Å². The molecule has 1 saturated carbocycles. The van der Waals surface area contributed by atoms with Crippen LogP contribution in [0.3, 0.4) is 0 Å². The van der Waals surface area contributed by atoms with Crippen LogP contribution < -0.4 is 9.46 Å². The van der Waals surface area contributed by atoms with Crippen molar-refractivity contribution in [2.45, 2.75) is 29.7 Å². The van der Waals surface area contributed by atoms with Gasteiger partial charge in [0.2, 0.25) is 10.0 Å². The minimum absolute atomic E-state index is 0.0144. The van der Waals surface area contributed by atoms with Gasteiger partial charge in [0.15, 0.2) is 11.6 Å². The fraction of sp³-hybridized carbons (Fsp3) is 0.500. The fourth-order valence-corrected chi connectivity index (χ4v) is 3.52. The first-order valence-corrected chi connectivity index (χ1v) is 7.39. The fourth-order valence-electron chi connectivity index (χ4n) is 2.05. The molecule has 0 atom stereocenters. The van der Waals surface area contributed by atoms with Crippen molar-refractivity contribution in [3.05, 3.63) is 24.0 Å². The molecule has 1 aliphatic rings. The van der Waals surface area contributed by atoms with Crippen LogP contribution in [-0.2, 0) is 10.0 Å². The molecule has 0 amide bonds. The second kappa shape index (κ2) is 5.07. The summed E-state index contributed by atoms with van der Waals surface area (Å²) in [6.07, 6.45) is 2.03. The van der Waals surface area contributed by atoms with Crippen LogP contribution in [0.2, 0.25) is 0 Å². The number of ether oxygens (including phenoxy) is 1. The average Bonchev–Trinajstić information content (AvgIpc) is 2.34. The Balaban J connectivity index is 2.27. The first kappa shape index (κ1) is 14.2. The van der Waals surface area contributed by atoms with Crippen LogP contribution in [0.4, 0.5) is 4.39 Å². The lowest BCUT2D eigenvalue weighted by Gasteiger charge is -2.40. The smallest absolute Gasteiger partial charge is 0.241 e. The van der Waals surface area contributed by atoms with Crippen LogP contribution >= 0.6 is 0 Å². The zero-order valence-corrected chi connectivity index (χ0v) is 11.3. The van der Waals surface area contributed by atoms with E-state index in [9.17, 15) is 17.9 Å². The van der Waals surface area contributed by atoms with Gasteiger partial charge in [-0.05, 0) is 37.5 Å². The van der Waals surface area contributed by atoms with E-state index in [0.717, 1.165) is 12.5 Å². The number of hydrogen-bond acceptors (Lipinski definition) is 4. The first-order valence-electron chi connectivity index (χ1n) is 5.91. The lowest BCUT2D eigenvalue weighted by molar-refractivity contribution is 0.110. The van der Waals surface area contributed by atoms with Gasteiger partial charge in [0, 0.05) is 0 Å². The maximum atomic E-state index is 13.5. The van der Waals surface area contributed by atoms with E-state index in [1.165, 1.54) is 19.2 Å². The number of hydrogen-bond donors (Lipinski definition) is 2. The minimum atomic E-state index is -3.84. The van der Waals surface area contributed by atoms with Crippen molar-refractivity contribution < 1.29 is 22.7 Å². The van der Waals surface area contributed by atoms with Crippen molar-refractivity contribution >= 4 is 10.0 Å². The molecule has 1 aromatic carbocycles. The zero-order valence-electron chi connectivity index (χ0n) is 10.5. The topological polar surface area (TPSA) is 75.6 Å². The molecule has 2 rings (SSSR count). The molecule has 0 unspecified atom stereocenters. The van der Waals surface area contributed by atoms with Crippen molar-refractivity contribution in [2.75, 3.05) is 13.7 Å². The number of halogens is 1. The SMILES string of the molecule is COc1ccc(S(=O)(=O)NC2(CO)CCC2)cc1F. The zero-order chi connectivity index (χ0) is 14.1. The largest absolute Gasteiger partial charge is 0.494 e. The lowest BCUT2D eigenvalue weighted by atomic mass is 9.78. The second-order valence-electron chi connectivity index (χ2n) is 4.69. The third-order valence-corrected chi connectivity index (χ3v) is 4.97. The minimum Gasteiger partial charge on any atom is -0.494 e. The number of aliphatic hydroxyl groups excluding tert-OH is 1. The monoisotopic (exact) mass is 289 g/mol. The Labute approximate surface area is 111 Å². The van der Waals surface area contributed by atoms with Gasteiger partial charge in [-0.1, -0.05) is 0 Å². The molecule has 5 nitrogen and oxygen atoms in total. The maximum Gasteiger partial charge on any atom is 0.241 e. The standard InChI is InChI=1S/C12H16FNO4S/c1-18-11-4-3-9(7-10(11)13)19(16,17)14-12(8-15)5-2-6-12/h3-4,7,14-15H,2,5-6,8H2,1H3. The number of benzene rings is 1. The molecule has 0 saturated heterocycles. The first-order chi connectivity index (χ1) is 8.92. The highest BCUT2D eigenvalue weighted by atomic mass is 32.2. The van der Waals surface area contributed by atoms with E-state index < -0.39 is 21.4 Å². The molecule has 0 aliphatic heterocycles. The predicted octanol–water partition coefficient (Wildman–Crippen LogP) is 1.03. The molecule has 106 valence electrons. The summed E-state index contributed by atoms with van der Waals surface area (Å²) >= 11 is 0. The van der Waals surface area contributed by atoms with Crippen molar-refractivity contribution in [1.29, 1.82) is 0 Å². The molecule has 0 bridgehead atoms. The molecule has 0 heterocycles. The lowest BCUT2D eigenvalue weighted by Crippen LogP contribution is -2.55. The normalized spacial score (nSPS) is 17.8. The van der Waals surface area contributed by atoms with Crippen LogP contribution in [0.15, 0.2) is 23.1 Å². The van der Waals surface area contributed by atoms with Crippen LogP contribution in [0.25, 0.3) is 0 Å². The quantitative estimate of drug-likeness (QED) is 0.849. The van der Waals surface area contributed by atoms with E-state index in [1.807, 2.05) is 0 Å². The Kier molecular flexibility index (Phi) is 3.80. The van der Waals surface area contributed by atoms with Gasteiger partial charge in [-0.3, -0.25) is 0 Å². The highest BCUT2D eigenvalue weighted by molar-refractivity contribution is 7.89. The molecule has 0 radical (unpaired) electrons. The van der Waals surface area contributed by atoms with Crippen LogP contribution in [0.1, 0.15) is 19.3 Å². The maximum absolute atomic E-state index is 13.5. The Morgan fingerprint density at radius 2 is 2.16 bits per heavy atom. The molecular weight excluding hydrogens is 273 g/mol. The summed E-state index contributed by atoms with van der Waals surface area (Å²) in [5.41, 5.74) is -0.796. The van der Waals surface area contributed by atoms with E-state index >= 15 is 0 Å². The van der Waals surface area contributed by atoms with Gasteiger partial charge in [0.25, 0.3) is 0 Å². The summed E-state index contributed by atoms with van der Waals surface area (Å²) in [4.78, 5) is -0.175. The van der Waals surface area contributed by atoms with Crippen molar-refractivity contribution in [1.82, 2.24) is 4.72 Å². The molecular formula is C12H16FNO4S. The van der Waals surface area contributed by atoms with E-state index in [1.54, 1.807) is 0 Å². The van der Waals surface area contributed by atoms with Gasteiger partial charge in [-0.25, -0.2) is 17.5 Å². The molecule has 1 aliphatic carbocycles. The summed E-state index contributed by atoms with van der Waals surface area (Å²) in [7, 11) is -2.54. The summed E-state index contributed by atoms with van der Waals surface area (Å²) in [5, 5.41) is 9.26. The van der Waals surface area contributed by atoms with E-state index in [4.69, 9.17) is 4.74 Å².